The summed E-state index contributed by atoms with van der Waals surface area (Å²) in [5.41, 5.74) is -0.203. The van der Waals surface area contributed by atoms with Crippen molar-refractivity contribution in [1.82, 2.24) is 20.6 Å². The fraction of sp³-hybridized carbons (Fsp3) is 0.800. The number of tetrazole rings is 1. The molecule has 2 N–H and O–H groups in total. The molecule has 0 fully saturated rings. The molecule has 1 rings (SSSR count). The molecule has 1 aromatic rings. The van der Waals surface area contributed by atoms with Crippen molar-refractivity contribution in [2.45, 2.75) is 19.4 Å². The highest BCUT2D eigenvalue weighted by Gasteiger charge is 2.17. The molecule has 0 aliphatic rings. The van der Waals surface area contributed by atoms with E-state index in [1.54, 1.807) is 0 Å². The Bertz CT molecular complexity index is 207. The number of hydrogen-bond acceptors (Lipinski definition) is 4. The molecule has 0 aliphatic carbocycles. The second kappa shape index (κ2) is 3.04. The number of alkyl halides is 1. The van der Waals surface area contributed by atoms with Gasteiger partial charge in [-0.15, -0.1) is 16.7 Å². The summed E-state index contributed by atoms with van der Waals surface area (Å²) in [6.45, 7) is 3.91. The van der Waals surface area contributed by atoms with Gasteiger partial charge in [0, 0.05) is 11.4 Å². The quantitative estimate of drug-likeness (QED) is 0.662. The lowest BCUT2D eigenvalue weighted by Crippen LogP contribution is -2.33. The van der Waals surface area contributed by atoms with Crippen molar-refractivity contribution in [3.05, 3.63) is 0 Å². The third kappa shape index (κ3) is 2.34. The molecule has 0 spiro atoms. The van der Waals surface area contributed by atoms with E-state index in [1.165, 1.54) is 0 Å². The van der Waals surface area contributed by atoms with E-state index in [-0.39, 0.29) is 5.54 Å². The minimum absolute atomic E-state index is 0.203. The van der Waals surface area contributed by atoms with Gasteiger partial charge in [0.15, 0.2) is 0 Å². The van der Waals surface area contributed by atoms with Crippen LogP contribution >= 0.6 is 11.6 Å². The highest BCUT2D eigenvalue weighted by molar-refractivity contribution is 6.18. The largest absolute Gasteiger partial charge is 0.346 e. The summed E-state index contributed by atoms with van der Waals surface area (Å²) in [7, 11) is 0. The monoisotopic (exact) mass is 175 g/mol. The highest BCUT2D eigenvalue weighted by atomic mass is 35.5. The number of rotatable bonds is 3. The van der Waals surface area contributed by atoms with Crippen molar-refractivity contribution in [3.63, 3.8) is 0 Å². The van der Waals surface area contributed by atoms with Crippen LogP contribution in [0.25, 0.3) is 0 Å². The predicted octanol–water partition coefficient (Wildman–Crippen LogP) is 0.629. The van der Waals surface area contributed by atoms with Gasteiger partial charge in [-0.2, -0.15) is 5.21 Å². The molecule has 0 amide bonds. The Morgan fingerprint density at radius 1 is 1.64 bits per heavy atom. The molecule has 1 heterocycles. The topological polar surface area (TPSA) is 66.5 Å². The standard InChI is InChI=1S/C5H10ClN5/c1-5(2,3-6)7-4-8-10-11-9-4/h3H2,1-2H3,(H2,7,8,9,10,11). The Kier molecular flexibility index (Phi) is 2.28. The zero-order chi connectivity index (χ0) is 8.32. The molecule has 0 aromatic carbocycles. The summed E-state index contributed by atoms with van der Waals surface area (Å²) >= 11 is 5.66. The molecule has 11 heavy (non-hydrogen) atoms. The Hall–Kier alpha value is -0.840. The van der Waals surface area contributed by atoms with E-state index in [4.69, 9.17) is 11.6 Å². The van der Waals surface area contributed by atoms with Gasteiger partial charge in [0.05, 0.1) is 0 Å². The smallest absolute Gasteiger partial charge is 0.263 e. The van der Waals surface area contributed by atoms with Crippen LogP contribution in [0.4, 0.5) is 5.95 Å². The molecule has 0 unspecified atom stereocenters. The van der Waals surface area contributed by atoms with Gasteiger partial charge < -0.3 is 5.32 Å². The fourth-order valence-corrected chi connectivity index (χ4v) is 0.618. The molecule has 0 saturated carbocycles. The van der Waals surface area contributed by atoms with Gasteiger partial charge in [-0.25, -0.2) is 0 Å². The van der Waals surface area contributed by atoms with E-state index in [1.807, 2.05) is 13.8 Å². The van der Waals surface area contributed by atoms with E-state index in [0.29, 0.717) is 11.8 Å². The molecule has 0 atom stereocenters. The molecule has 62 valence electrons. The molecular formula is C5H10ClN5. The number of hydrogen-bond donors (Lipinski definition) is 2. The predicted molar refractivity (Wildman–Crippen MR) is 42.6 cm³/mol. The van der Waals surface area contributed by atoms with E-state index in [9.17, 15) is 0 Å². The van der Waals surface area contributed by atoms with Crippen molar-refractivity contribution in [1.29, 1.82) is 0 Å². The third-order valence-electron chi connectivity index (χ3n) is 1.13. The summed E-state index contributed by atoms with van der Waals surface area (Å²) in [5, 5.41) is 16.2. The number of anilines is 1. The zero-order valence-corrected chi connectivity index (χ0v) is 7.18. The molecule has 1 aromatic heterocycles. The minimum Gasteiger partial charge on any atom is -0.346 e. The van der Waals surface area contributed by atoms with Crippen LogP contribution in [0.3, 0.4) is 0 Å². The van der Waals surface area contributed by atoms with E-state index < -0.39 is 0 Å². The van der Waals surface area contributed by atoms with Crippen LogP contribution in [0.15, 0.2) is 0 Å². The Labute approximate surface area is 69.5 Å². The first kappa shape index (κ1) is 8.26. The lowest BCUT2D eigenvalue weighted by atomic mass is 10.1. The lowest BCUT2D eigenvalue weighted by Gasteiger charge is -2.21. The number of halogens is 1. The first-order valence-corrected chi connectivity index (χ1v) is 3.75. The maximum atomic E-state index is 5.66. The van der Waals surface area contributed by atoms with Crippen LogP contribution in [-0.4, -0.2) is 32.0 Å². The van der Waals surface area contributed by atoms with Crippen LogP contribution in [0.5, 0.6) is 0 Å². The van der Waals surface area contributed by atoms with Crippen LogP contribution in [0.1, 0.15) is 13.8 Å². The summed E-state index contributed by atoms with van der Waals surface area (Å²) in [6.07, 6.45) is 0. The maximum Gasteiger partial charge on any atom is 0.263 e. The zero-order valence-electron chi connectivity index (χ0n) is 6.43. The molecule has 0 bridgehead atoms. The fourth-order valence-electron chi connectivity index (χ4n) is 0.551. The second-order valence-corrected chi connectivity index (χ2v) is 3.15. The third-order valence-corrected chi connectivity index (χ3v) is 1.80. The minimum atomic E-state index is -0.203. The van der Waals surface area contributed by atoms with Crippen molar-refractivity contribution in [3.8, 4) is 0 Å². The number of H-pyrrole nitrogens is 1. The van der Waals surface area contributed by atoms with Crippen LogP contribution in [0, 0.1) is 0 Å². The molecule has 5 nitrogen and oxygen atoms in total. The Balaban J connectivity index is 2.56. The van der Waals surface area contributed by atoms with E-state index in [0.717, 1.165) is 0 Å². The van der Waals surface area contributed by atoms with E-state index in [2.05, 4.69) is 25.9 Å². The van der Waals surface area contributed by atoms with Crippen molar-refractivity contribution < 1.29 is 0 Å². The molecule has 0 aliphatic heterocycles. The van der Waals surface area contributed by atoms with Gasteiger partial charge in [0.1, 0.15) is 0 Å². The first-order valence-electron chi connectivity index (χ1n) is 3.22. The van der Waals surface area contributed by atoms with Crippen molar-refractivity contribution >= 4 is 17.5 Å². The number of aromatic nitrogens is 4. The van der Waals surface area contributed by atoms with Crippen LogP contribution < -0.4 is 5.32 Å². The van der Waals surface area contributed by atoms with Crippen LogP contribution in [0.2, 0.25) is 0 Å². The second-order valence-electron chi connectivity index (χ2n) is 2.88. The van der Waals surface area contributed by atoms with Gasteiger partial charge >= 0.3 is 0 Å². The average Bonchev–Trinajstić information content (AvgIpc) is 2.39. The first-order chi connectivity index (χ1) is 5.14. The number of aromatic amines is 1. The SMILES string of the molecule is CC(C)(CCl)Nc1nn[nH]n1. The summed E-state index contributed by atoms with van der Waals surface area (Å²) in [5.74, 6) is 0.956. The molecule has 0 radical (unpaired) electrons. The average molecular weight is 176 g/mol. The Morgan fingerprint density at radius 3 is 2.82 bits per heavy atom. The number of nitrogens with one attached hydrogen (secondary N) is 2. The van der Waals surface area contributed by atoms with E-state index >= 15 is 0 Å². The van der Waals surface area contributed by atoms with Crippen molar-refractivity contribution in [2.24, 2.45) is 0 Å². The normalized spacial score (nSPS) is 11.5. The van der Waals surface area contributed by atoms with Crippen molar-refractivity contribution in [2.75, 3.05) is 11.2 Å². The highest BCUT2D eigenvalue weighted by Crippen LogP contribution is 2.10. The molecule has 6 heteroatoms. The number of nitrogens with zero attached hydrogens (tertiary/aromatic N) is 3. The molecular weight excluding hydrogens is 166 g/mol. The summed E-state index contributed by atoms with van der Waals surface area (Å²) < 4.78 is 0. The van der Waals surface area contributed by atoms with Gasteiger partial charge in [0.25, 0.3) is 5.95 Å². The Morgan fingerprint density at radius 2 is 2.36 bits per heavy atom. The lowest BCUT2D eigenvalue weighted by molar-refractivity contribution is 0.633. The van der Waals surface area contributed by atoms with Crippen LogP contribution in [-0.2, 0) is 0 Å². The summed E-state index contributed by atoms with van der Waals surface area (Å²) in [6, 6.07) is 0. The van der Waals surface area contributed by atoms with Gasteiger partial charge in [0.2, 0.25) is 0 Å². The van der Waals surface area contributed by atoms with Gasteiger partial charge in [-0.3, -0.25) is 0 Å². The molecule has 0 saturated heterocycles. The summed E-state index contributed by atoms with van der Waals surface area (Å²) in [4.78, 5) is 0. The van der Waals surface area contributed by atoms with Gasteiger partial charge in [-0.05, 0) is 19.1 Å². The maximum absolute atomic E-state index is 5.66. The van der Waals surface area contributed by atoms with Gasteiger partial charge in [-0.1, -0.05) is 5.10 Å².